The minimum atomic E-state index is -3.45. The van der Waals surface area contributed by atoms with Gasteiger partial charge in [0.25, 0.3) is 5.91 Å². The zero-order valence-electron chi connectivity index (χ0n) is 13.2. The second-order valence-corrected chi connectivity index (χ2v) is 6.83. The van der Waals surface area contributed by atoms with Crippen molar-refractivity contribution >= 4 is 15.9 Å². The van der Waals surface area contributed by atoms with E-state index in [4.69, 9.17) is 4.42 Å². The fraction of sp³-hybridized carbons (Fsp3) is 0.312. The van der Waals surface area contributed by atoms with E-state index in [0.29, 0.717) is 19.6 Å². The Morgan fingerprint density at radius 2 is 1.78 bits per heavy atom. The molecule has 1 aromatic heterocycles. The minimum absolute atomic E-state index is 0.241. The number of nitrogens with one attached hydrogen (secondary N) is 1. The summed E-state index contributed by atoms with van der Waals surface area (Å²) >= 11 is 0. The Balaban J connectivity index is 2.04. The van der Waals surface area contributed by atoms with Crippen molar-refractivity contribution in [1.29, 1.82) is 0 Å². The van der Waals surface area contributed by atoms with E-state index in [0.717, 1.165) is 5.56 Å². The second kappa shape index (κ2) is 7.43. The van der Waals surface area contributed by atoms with E-state index >= 15 is 0 Å². The van der Waals surface area contributed by atoms with Crippen LogP contribution in [0.15, 0.2) is 52.0 Å². The van der Waals surface area contributed by atoms with E-state index in [9.17, 15) is 13.2 Å². The average molecular weight is 336 g/mol. The third-order valence-electron chi connectivity index (χ3n) is 3.46. The van der Waals surface area contributed by atoms with Crippen LogP contribution in [0.5, 0.6) is 0 Å². The molecule has 7 heteroatoms. The molecule has 0 aliphatic carbocycles. The van der Waals surface area contributed by atoms with Gasteiger partial charge >= 0.3 is 0 Å². The fourth-order valence-corrected chi connectivity index (χ4v) is 3.63. The summed E-state index contributed by atoms with van der Waals surface area (Å²) in [6.45, 7) is 4.77. The summed E-state index contributed by atoms with van der Waals surface area (Å²) < 4.78 is 31.1. The van der Waals surface area contributed by atoms with E-state index in [1.807, 2.05) is 0 Å². The van der Waals surface area contributed by atoms with Gasteiger partial charge in [-0.1, -0.05) is 26.0 Å². The molecule has 0 aliphatic rings. The number of hydrogen-bond donors (Lipinski definition) is 1. The van der Waals surface area contributed by atoms with Crippen LogP contribution in [0.25, 0.3) is 0 Å². The van der Waals surface area contributed by atoms with Crippen LogP contribution < -0.4 is 5.32 Å². The zero-order valence-corrected chi connectivity index (χ0v) is 14.0. The summed E-state index contributed by atoms with van der Waals surface area (Å²) in [4.78, 5) is 12.0. The number of benzene rings is 1. The van der Waals surface area contributed by atoms with Gasteiger partial charge in [0.1, 0.15) is 0 Å². The van der Waals surface area contributed by atoms with Gasteiger partial charge in [0, 0.05) is 19.6 Å². The Hall–Kier alpha value is -2.12. The van der Waals surface area contributed by atoms with Gasteiger partial charge in [0.05, 0.1) is 11.2 Å². The molecule has 0 fully saturated rings. The van der Waals surface area contributed by atoms with Gasteiger partial charge in [-0.15, -0.1) is 0 Å². The average Bonchev–Trinajstić information content (AvgIpc) is 3.08. The lowest BCUT2D eigenvalue weighted by molar-refractivity contribution is 0.0923. The van der Waals surface area contributed by atoms with Gasteiger partial charge < -0.3 is 9.73 Å². The first-order valence-electron chi connectivity index (χ1n) is 7.39. The van der Waals surface area contributed by atoms with Gasteiger partial charge in [-0.2, -0.15) is 4.31 Å². The molecule has 0 bridgehead atoms. The first-order valence-corrected chi connectivity index (χ1v) is 8.83. The molecule has 0 spiro atoms. The maximum atomic E-state index is 12.4. The lowest BCUT2D eigenvalue weighted by Crippen LogP contribution is -2.30. The summed E-state index contributed by atoms with van der Waals surface area (Å²) in [5.41, 5.74) is 0.809. The van der Waals surface area contributed by atoms with Crippen molar-refractivity contribution in [3.8, 4) is 0 Å². The second-order valence-electron chi connectivity index (χ2n) is 4.89. The number of carbonyl (C=O) groups excluding carboxylic acids is 1. The van der Waals surface area contributed by atoms with Crippen molar-refractivity contribution in [2.24, 2.45) is 0 Å². The highest BCUT2D eigenvalue weighted by Gasteiger charge is 2.21. The molecule has 0 saturated carbocycles. The van der Waals surface area contributed by atoms with Gasteiger partial charge in [0.15, 0.2) is 5.76 Å². The van der Waals surface area contributed by atoms with E-state index in [1.165, 1.54) is 10.6 Å². The smallest absolute Gasteiger partial charge is 0.287 e. The maximum Gasteiger partial charge on any atom is 0.287 e. The van der Waals surface area contributed by atoms with Crippen LogP contribution >= 0.6 is 0 Å². The highest BCUT2D eigenvalue weighted by atomic mass is 32.2. The monoisotopic (exact) mass is 336 g/mol. The number of furan rings is 1. The lowest BCUT2D eigenvalue weighted by atomic mass is 10.2. The molecular formula is C16H20N2O4S. The van der Waals surface area contributed by atoms with Crippen molar-refractivity contribution in [3.05, 3.63) is 54.0 Å². The normalized spacial score (nSPS) is 11.6. The minimum Gasteiger partial charge on any atom is -0.459 e. The Labute approximate surface area is 136 Å². The van der Waals surface area contributed by atoms with E-state index in [-0.39, 0.29) is 16.6 Å². The fourth-order valence-electron chi connectivity index (χ4n) is 2.17. The molecule has 1 aromatic carbocycles. The van der Waals surface area contributed by atoms with Crippen molar-refractivity contribution < 1.29 is 17.6 Å². The molecule has 1 amide bonds. The maximum absolute atomic E-state index is 12.4. The summed E-state index contributed by atoms with van der Waals surface area (Å²) in [7, 11) is -3.45. The predicted octanol–water partition coefficient (Wildman–Crippen LogP) is 2.24. The molecule has 0 aliphatic heterocycles. The molecule has 0 atom stereocenters. The van der Waals surface area contributed by atoms with Crippen LogP contribution in [0, 0.1) is 0 Å². The van der Waals surface area contributed by atoms with Crippen LogP contribution in [-0.4, -0.2) is 31.7 Å². The molecule has 124 valence electrons. The van der Waals surface area contributed by atoms with Crippen LogP contribution in [0.3, 0.4) is 0 Å². The summed E-state index contributed by atoms with van der Waals surface area (Å²) in [5, 5.41) is 2.71. The molecule has 0 saturated heterocycles. The number of sulfonamides is 1. The Kier molecular flexibility index (Phi) is 5.57. The number of rotatable bonds is 7. The summed E-state index contributed by atoms with van der Waals surface area (Å²) in [5.74, 6) is -0.0689. The Morgan fingerprint density at radius 1 is 1.13 bits per heavy atom. The standard InChI is InChI=1S/C16H20N2O4S/c1-3-18(4-2)23(20,21)14-9-7-13(8-10-14)12-17-16(19)15-6-5-11-22-15/h5-11H,3-4,12H2,1-2H3,(H,17,19). The van der Waals surface area contributed by atoms with Crippen LogP contribution in [0.4, 0.5) is 0 Å². The number of carbonyl (C=O) groups is 1. The molecule has 0 unspecified atom stereocenters. The summed E-state index contributed by atoms with van der Waals surface area (Å²) in [6.07, 6.45) is 1.43. The van der Waals surface area contributed by atoms with Gasteiger partial charge in [0.2, 0.25) is 10.0 Å². The van der Waals surface area contributed by atoms with E-state index in [1.54, 1.807) is 50.2 Å². The van der Waals surface area contributed by atoms with Crippen molar-refractivity contribution in [2.75, 3.05) is 13.1 Å². The number of amides is 1. The molecule has 1 heterocycles. The molecule has 2 rings (SSSR count). The van der Waals surface area contributed by atoms with Gasteiger partial charge in [-0.05, 0) is 29.8 Å². The Bertz CT molecular complexity index is 733. The van der Waals surface area contributed by atoms with Crippen LogP contribution in [-0.2, 0) is 16.6 Å². The third-order valence-corrected chi connectivity index (χ3v) is 5.53. The molecular weight excluding hydrogens is 316 g/mol. The molecule has 2 aromatic rings. The predicted molar refractivity (Wildman–Crippen MR) is 86.4 cm³/mol. The van der Waals surface area contributed by atoms with E-state index in [2.05, 4.69) is 5.32 Å². The van der Waals surface area contributed by atoms with Gasteiger partial charge in [-0.3, -0.25) is 4.79 Å². The molecule has 0 radical (unpaired) electrons. The third kappa shape index (κ3) is 4.00. The van der Waals surface area contributed by atoms with E-state index < -0.39 is 10.0 Å². The molecule has 23 heavy (non-hydrogen) atoms. The first kappa shape index (κ1) is 17.2. The number of hydrogen-bond acceptors (Lipinski definition) is 4. The molecule has 6 nitrogen and oxygen atoms in total. The van der Waals surface area contributed by atoms with Crippen LogP contribution in [0.1, 0.15) is 30.0 Å². The quantitative estimate of drug-likeness (QED) is 0.841. The van der Waals surface area contributed by atoms with Gasteiger partial charge in [-0.25, -0.2) is 8.42 Å². The lowest BCUT2D eigenvalue weighted by Gasteiger charge is -2.18. The molecule has 1 N–H and O–H groups in total. The SMILES string of the molecule is CCN(CC)S(=O)(=O)c1ccc(CNC(=O)c2ccco2)cc1. The summed E-state index contributed by atoms with van der Waals surface area (Å²) in [6, 6.07) is 9.72. The Morgan fingerprint density at radius 3 is 2.30 bits per heavy atom. The topological polar surface area (TPSA) is 79.6 Å². The van der Waals surface area contributed by atoms with Crippen molar-refractivity contribution in [3.63, 3.8) is 0 Å². The largest absolute Gasteiger partial charge is 0.459 e. The van der Waals surface area contributed by atoms with Crippen molar-refractivity contribution in [1.82, 2.24) is 9.62 Å². The highest BCUT2D eigenvalue weighted by Crippen LogP contribution is 2.16. The number of nitrogens with zero attached hydrogens (tertiary/aromatic N) is 1. The zero-order chi connectivity index (χ0) is 16.9. The highest BCUT2D eigenvalue weighted by molar-refractivity contribution is 7.89. The van der Waals surface area contributed by atoms with Crippen LogP contribution in [0.2, 0.25) is 0 Å². The first-order chi connectivity index (χ1) is 11.0. The van der Waals surface area contributed by atoms with Crippen molar-refractivity contribution in [2.45, 2.75) is 25.3 Å².